The Morgan fingerprint density at radius 2 is 1.23 bits per heavy atom. The average molecular weight is 617 g/mol. The predicted octanol–water partition coefficient (Wildman–Crippen LogP) is 12.9. The highest BCUT2D eigenvalue weighted by molar-refractivity contribution is 7.26. The minimum Gasteiger partial charge on any atom is -0.455 e. The van der Waals surface area contributed by atoms with Crippen molar-refractivity contribution in [3.63, 3.8) is 0 Å². The number of aromatic nitrogens is 1. The lowest BCUT2D eigenvalue weighted by atomic mass is 9.99. The van der Waals surface area contributed by atoms with Crippen molar-refractivity contribution >= 4 is 80.9 Å². The van der Waals surface area contributed by atoms with Gasteiger partial charge in [0.2, 0.25) is 5.69 Å². The van der Waals surface area contributed by atoms with Gasteiger partial charge in [0.05, 0.1) is 28.0 Å². The summed E-state index contributed by atoms with van der Waals surface area (Å²) in [7, 11) is 0. The van der Waals surface area contributed by atoms with Gasteiger partial charge in [-0.15, -0.1) is 11.3 Å². The molecule has 0 unspecified atom stereocenters. The second-order valence-electron chi connectivity index (χ2n) is 12.0. The summed E-state index contributed by atoms with van der Waals surface area (Å²) in [5, 5.41) is 6.88. The van der Waals surface area contributed by atoms with Crippen LogP contribution in [0.15, 0.2) is 150 Å². The summed E-state index contributed by atoms with van der Waals surface area (Å²) in [4.78, 5) is 4.06. The molecule has 0 bridgehead atoms. The molecule has 0 atom stereocenters. The van der Waals surface area contributed by atoms with Gasteiger partial charge in [0.15, 0.2) is 0 Å². The first-order valence-corrected chi connectivity index (χ1v) is 16.4. The Hall–Kier alpha value is -6.15. The number of rotatable bonds is 3. The van der Waals surface area contributed by atoms with Crippen LogP contribution in [0.5, 0.6) is 0 Å². The van der Waals surface area contributed by atoms with Gasteiger partial charge < -0.3 is 8.98 Å². The Labute approximate surface area is 274 Å². The molecule has 0 saturated carbocycles. The van der Waals surface area contributed by atoms with E-state index in [9.17, 15) is 0 Å². The monoisotopic (exact) mass is 616 g/mol. The molecule has 3 aromatic heterocycles. The van der Waals surface area contributed by atoms with E-state index >= 15 is 0 Å². The van der Waals surface area contributed by atoms with Gasteiger partial charge in [0.25, 0.3) is 0 Å². The molecule has 10 rings (SSSR count). The topological polar surface area (TPSA) is 22.4 Å². The highest BCUT2D eigenvalue weighted by Crippen LogP contribution is 2.47. The van der Waals surface area contributed by atoms with Gasteiger partial charge in [0.1, 0.15) is 11.2 Å². The molecule has 3 heterocycles. The lowest BCUT2D eigenvalue weighted by Gasteiger charge is -2.10. The van der Waals surface area contributed by atoms with E-state index in [2.05, 4.69) is 131 Å². The molecule has 0 aliphatic carbocycles. The quantitative estimate of drug-likeness (QED) is 0.181. The lowest BCUT2D eigenvalue weighted by Crippen LogP contribution is -1.93. The minimum atomic E-state index is 0.660. The molecule has 0 fully saturated rings. The third kappa shape index (κ3) is 3.78. The molecule has 10 aromatic rings. The maximum Gasteiger partial charge on any atom is 0.205 e. The van der Waals surface area contributed by atoms with E-state index in [4.69, 9.17) is 11.0 Å². The largest absolute Gasteiger partial charge is 0.455 e. The van der Waals surface area contributed by atoms with Crippen molar-refractivity contribution in [3.05, 3.63) is 157 Å². The van der Waals surface area contributed by atoms with Gasteiger partial charge in [-0.2, -0.15) is 0 Å². The zero-order chi connectivity index (χ0) is 31.1. The molecular weight excluding hydrogens is 593 g/mol. The molecule has 0 aliphatic heterocycles. The molecule has 0 amide bonds. The molecule has 218 valence electrons. The normalized spacial score (nSPS) is 11.8. The summed E-state index contributed by atoms with van der Waals surface area (Å²) in [6.45, 7) is 8.21. The molecule has 4 heteroatoms. The summed E-state index contributed by atoms with van der Waals surface area (Å²) >= 11 is 1.71. The molecule has 0 radical (unpaired) electrons. The maximum absolute atomic E-state index is 8.21. The summed E-state index contributed by atoms with van der Waals surface area (Å²) in [6, 6.07) is 51.3. The van der Waals surface area contributed by atoms with Gasteiger partial charge in [-0.25, -0.2) is 4.85 Å². The first kappa shape index (κ1) is 26.1. The molecule has 0 aliphatic rings. The van der Waals surface area contributed by atoms with Gasteiger partial charge in [-0.3, -0.25) is 0 Å². The molecule has 0 spiro atoms. The first-order valence-electron chi connectivity index (χ1n) is 15.6. The number of benzene rings is 7. The Morgan fingerprint density at radius 1 is 0.511 bits per heavy atom. The van der Waals surface area contributed by atoms with Crippen LogP contribution in [-0.4, -0.2) is 4.57 Å². The van der Waals surface area contributed by atoms with Crippen LogP contribution >= 0.6 is 11.3 Å². The highest BCUT2D eigenvalue weighted by Gasteiger charge is 2.20. The Kier molecular flexibility index (Phi) is 5.51. The molecule has 0 N–H and O–H groups in total. The molecule has 0 saturated heterocycles. The fourth-order valence-corrected chi connectivity index (χ4v) is 8.54. The van der Waals surface area contributed by atoms with E-state index in [0.717, 1.165) is 54.2 Å². The fraction of sp³-hybridized carbons (Fsp3) is 0. The third-order valence-electron chi connectivity index (χ3n) is 9.41. The van der Waals surface area contributed by atoms with Crippen LogP contribution in [0.25, 0.3) is 96.7 Å². The van der Waals surface area contributed by atoms with Crippen LogP contribution in [0.3, 0.4) is 0 Å². The highest BCUT2D eigenvalue weighted by atomic mass is 32.1. The number of hydrogen-bond donors (Lipinski definition) is 0. The zero-order valence-corrected chi connectivity index (χ0v) is 25.9. The van der Waals surface area contributed by atoms with Gasteiger partial charge in [-0.05, 0) is 64.5 Å². The van der Waals surface area contributed by atoms with Crippen molar-refractivity contribution in [2.75, 3.05) is 0 Å². The number of nitrogens with zero attached hydrogens (tertiary/aromatic N) is 2. The first-order chi connectivity index (χ1) is 23.3. The lowest BCUT2D eigenvalue weighted by molar-refractivity contribution is 0.670. The van der Waals surface area contributed by atoms with Crippen molar-refractivity contribution in [1.29, 1.82) is 0 Å². The Morgan fingerprint density at radius 3 is 2.13 bits per heavy atom. The van der Waals surface area contributed by atoms with Crippen molar-refractivity contribution in [2.45, 2.75) is 0 Å². The molecule has 47 heavy (non-hydrogen) atoms. The molecule has 7 aromatic carbocycles. The van der Waals surface area contributed by atoms with Gasteiger partial charge in [-0.1, -0.05) is 103 Å². The van der Waals surface area contributed by atoms with Crippen molar-refractivity contribution in [2.24, 2.45) is 0 Å². The summed E-state index contributed by atoms with van der Waals surface area (Å²) in [5.74, 6) is 0. The molecular formula is C43H24N2OS. The number of furan rings is 1. The van der Waals surface area contributed by atoms with Crippen LogP contribution < -0.4 is 0 Å². The number of hydrogen-bond acceptors (Lipinski definition) is 2. The van der Waals surface area contributed by atoms with Gasteiger partial charge in [0, 0.05) is 37.2 Å². The van der Waals surface area contributed by atoms with Crippen LogP contribution in [0.4, 0.5) is 5.69 Å². The third-order valence-corrected chi connectivity index (χ3v) is 10.7. The van der Waals surface area contributed by atoms with E-state index < -0.39 is 0 Å². The SMILES string of the molecule is [C-]#[N+]c1cc(-c2cccc3c2oc2ccccc23)cc2c1sc1c(-n3c4ccccc4c4cc(-c5ccccc5)ccc43)cccc12. The second kappa shape index (κ2) is 9.92. The minimum absolute atomic E-state index is 0.660. The number of para-hydroxylation sites is 3. The van der Waals surface area contributed by atoms with Gasteiger partial charge >= 0.3 is 0 Å². The van der Waals surface area contributed by atoms with Crippen molar-refractivity contribution in [1.82, 2.24) is 4.57 Å². The van der Waals surface area contributed by atoms with E-state index in [1.54, 1.807) is 11.3 Å². The van der Waals surface area contributed by atoms with Crippen LogP contribution in [0.1, 0.15) is 0 Å². The van der Waals surface area contributed by atoms with Crippen LogP contribution in [-0.2, 0) is 0 Å². The summed E-state index contributed by atoms with van der Waals surface area (Å²) in [5.41, 5.74) is 10.2. The number of fused-ring (bicyclic) bond motifs is 9. The van der Waals surface area contributed by atoms with Crippen molar-refractivity contribution < 1.29 is 4.42 Å². The summed E-state index contributed by atoms with van der Waals surface area (Å²) in [6.07, 6.45) is 0. The number of thiophene rings is 1. The Bertz CT molecular complexity index is 2920. The van der Waals surface area contributed by atoms with Crippen LogP contribution in [0.2, 0.25) is 0 Å². The summed E-state index contributed by atoms with van der Waals surface area (Å²) < 4.78 is 11.0. The molecule has 3 nitrogen and oxygen atoms in total. The second-order valence-corrected chi connectivity index (χ2v) is 13.0. The predicted molar refractivity (Wildman–Crippen MR) is 198 cm³/mol. The standard InChI is InChI=1S/C43H24N2OS/c1-44-36-25-28(29-15-9-16-32-31-14-6-8-20-40(31)46-41(29)32)24-35-33-17-10-19-39(43(33)47-42(35)36)45-37-18-7-5-13-30(37)34-23-27(21-22-38(34)45)26-11-3-2-4-12-26/h2-25H. The van der Waals surface area contributed by atoms with E-state index in [0.29, 0.717) is 5.69 Å². The van der Waals surface area contributed by atoms with E-state index in [-0.39, 0.29) is 0 Å². The van der Waals surface area contributed by atoms with E-state index in [1.807, 2.05) is 24.3 Å². The van der Waals surface area contributed by atoms with Crippen molar-refractivity contribution in [3.8, 4) is 27.9 Å². The maximum atomic E-state index is 8.21. The van der Waals surface area contributed by atoms with Crippen LogP contribution in [0, 0.1) is 6.57 Å². The Balaban J connectivity index is 1.23. The average Bonchev–Trinajstić information content (AvgIpc) is 3.81. The zero-order valence-electron chi connectivity index (χ0n) is 25.1. The fourth-order valence-electron chi connectivity index (χ4n) is 7.30. The smallest absolute Gasteiger partial charge is 0.205 e. The van der Waals surface area contributed by atoms with E-state index in [1.165, 1.54) is 37.6 Å².